The second-order valence-electron chi connectivity index (χ2n) is 5.03. The van der Waals surface area contributed by atoms with E-state index in [2.05, 4.69) is 5.32 Å². The van der Waals surface area contributed by atoms with Crippen molar-refractivity contribution in [3.8, 4) is 0 Å². The highest BCUT2D eigenvalue weighted by molar-refractivity contribution is 5.85. The van der Waals surface area contributed by atoms with Gasteiger partial charge in [0.15, 0.2) is 11.6 Å². The molecule has 0 aliphatic heterocycles. The fourth-order valence-corrected chi connectivity index (χ4v) is 2.60. The van der Waals surface area contributed by atoms with Gasteiger partial charge in [-0.25, -0.2) is 8.78 Å². The lowest BCUT2D eigenvalue weighted by atomic mass is 10.0. The Bertz CT molecular complexity index is 470. The summed E-state index contributed by atoms with van der Waals surface area (Å²) in [5.41, 5.74) is 6.12. The van der Waals surface area contributed by atoms with Gasteiger partial charge in [0.2, 0.25) is 5.91 Å². The highest BCUT2D eigenvalue weighted by atomic mass is 35.5. The molecule has 1 aromatic carbocycles. The van der Waals surface area contributed by atoms with Gasteiger partial charge < -0.3 is 11.1 Å². The van der Waals surface area contributed by atoms with E-state index in [9.17, 15) is 13.6 Å². The third-order valence-corrected chi connectivity index (χ3v) is 3.66. The Labute approximate surface area is 123 Å². The predicted octanol–water partition coefficient (Wildman–Crippen LogP) is 2.17. The molecule has 3 N–H and O–H groups in total. The van der Waals surface area contributed by atoms with Crippen molar-refractivity contribution in [2.24, 2.45) is 11.7 Å². The van der Waals surface area contributed by atoms with Gasteiger partial charge in [-0.2, -0.15) is 0 Å². The number of halogens is 3. The van der Waals surface area contributed by atoms with Crippen LogP contribution in [0.2, 0.25) is 0 Å². The molecular formula is C14H19ClF2N2O. The standard InChI is InChI=1S/C14H18F2N2O.ClH/c15-11-5-4-9(6-12(11)16)7-14(19)18-13-3-1-2-10(13)8-17;/h4-6,10,13H,1-3,7-8,17H2,(H,18,19);1H. The minimum absolute atomic E-state index is 0. The molecule has 2 rings (SSSR count). The molecule has 0 aromatic heterocycles. The van der Waals surface area contributed by atoms with Crippen LogP contribution >= 0.6 is 12.4 Å². The van der Waals surface area contributed by atoms with E-state index in [1.54, 1.807) is 0 Å². The molecule has 20 heavy (non-hydrogen) atoms. The van der Waals surface area contributed by atoms with Crippen molar-refractivity contribution in [3.05, 3.63) is 35.4 Å². The van der Waals surface area contributed by atoms with Crippen molar-refractivity contribution in [1.82, 2.24) is 5.32 Å². The number of hydrogen-bond donors (Lipinski definition) is 2. The van der Waals surface area contributed by atoms with E-state index in [0.717, 1.165) is 31.4 Å². The molecule has 1 aliphatic carbocycles. The van der Waals surface area contributed by atoms with Crippen molar-refractivity contribution < 1.29 is 13.6 Å². The van der Waals surface area contributed by atoms with Gasteiger partial charge in [0.1, 0.15) is 0 Å². The van der Waals surface area contributed by atoms with E-state index in [4.69, 9.17) is 5.73 Å². The molecule has 0 radical (unpaired) electrons. The van der Waals surface area contributed by atoms with E-state index < -0.39 is 11.6 Å². The highest BCUT2D eigenvalue weighted by Gasteiger charge is 2.27. The Hall–Kier alpha value is -1.20. The Kier molecular flexibility index (Phi) is 6.36. The summed E-state index contributed by atoms with van der Waals surface area (Å²) in [5.74, 6) is -1.67. The number of carbonyl (C=O) groups is 1. The van der Waals surface area contributed by atoms with Crippen LogP contribution < -0.4 is 11.1 Å². The number of hydrogen-bond acceptors (Lipinski definition) is 2. The Morgan fingerprint density at radius 2 is 2.05 bits per heavy atom. The summed E-state index contributed by atoms with van der Waals surface area (Å²) < 4.78 is 25.8. The number of nitrogens with one attached hydrogen (secondary N) is 1. The van der Waals surface area contributed by atoms with E-state index in [1.165, 1.54) is 6.07 Å². The van der Waals surface area contributed by atoms with Crippen LogP contribution in [0, 0.1) is 17.6 Å². The van der Waals surface area contributed by atoms with Crippen LogP contribution in [0.25, 0.3) is 0 Å². The minimum atomic E-state index is -0.925. The van der Waals surface area contributed by atoms with Crippen molar-refractivity contribution in [3.63, 3.8) is 0 Å². The summed E-state index contributed by atoms with van der Waals surface area (Å²) in [4.78, 5) is 11.9. The number of nitrogens with two attached hydrogens (primary N) is 1. The van der Waals surface area contributed by atoms with Crippen molar-refractivity contribution in [2.45, 2.75) is 31.7 Å². The van der Waals surface area contributed by atoms with E-state index in [0.29, 0.717) is 18.0 Å². The smallest absolute Gasteiger partial charge is 0.224 e. The first-order valence-electron chi connectivity index (χ1n) is 6.53. The third kappa shape index (κ3) is 4.15. The molecule has 2 atom stereocenters. The maximum absolute atomic E-state index is 13.0. The normalized spacial score (nSPS) is 21.4. The lowest BCUT2D eigenvalue weighted by Crippen LogP contribution is -2.40. The molecule has 1 aromatic rings. The molecule has 0 spiro atoms. The lowest BCUT2D eigenvalue weighted by Gasteiger charge is -2.19. The Morgan fingerprint density at radius 1 is 1.30 bits per heavy atom. The van der Waals surface area contributed by atoms with Crippen LogP contribution in [0.1, 0.15) is 24.8 Å². The van der Waals surface area contributed by atoms with Crippen molar-refractivity contribution in [1.29, 1.82) is 0 Å². The zero-order chi connectivity index (χ0) is 13.8. The number of rotatable bonds is 4. The van der Waals surface area contributed by atoms with Gasteiger partial charge in [-0.15, -0.1) is 12.4 Å². The van der Waals surface area contributed by atoms with E-state index in [1.807, 2.05) is 0 Å². The Balaban J connectivity index is 0.00000200. The van der Waals surface area contributed by atoms with Gasteiger partial charge in [-0.3, -0.25) is 4.79 Å². The number of carbonyl (C=O) groups excluding carboxylic acids is 1. The zero-order valence-electron chi connectivity index (χ0n) is 11.1. The highest BCUT2D eigenvalue weighted by Crippen LogP contribution is 2.24. The van der Waals surface area contributed by atoms with Crippen LogP contribution in [-0.4, -0.2) is 18.5 Å². The molecule has 1 saturated carbocycles. The quantitative estimate of drug-likeness (QED) is 0.896. The average molecular weight is 305 g/mol. The van der Waals surface area contributed by atoms with Gasteiger partial charge >= 0.3 is 0 Å². The molecule has 1 aliphatic rings. The summed E-state index contributed by atoms with van der Waals surface area (Å²) in [6, 6.07) is 3.63. The van der Waals surface area contributed by atoms with E-state index >= 15 is 0 Å². The predicted molar refractivity (Wildman–Crippen MR) is 75.6 cm³/mol. The maximum atomic E-state index is 13.0. The second-order valence-corrected chi connectivity index (χ2v) is 5.03. The molecular weight excluding hydrogens is 286 g/mol. The summed E-state index contributed by atoms with van der Waals surface area (Å²) in [7, 11) is 0. The molecule has 1 fully saturated rings. The number of benzene rings is 1. The molecule has 0 saturated heterocycles. The maximum Gasteiger partial charge on any atom is 0.224 e. The Morgan fingerprint density at radius 3 is 2.70 bits per heavy atom. The zero-order valence-corrected chi connectivity index (χ0v) is 11.9. The number of amides is 1. The van der Waals surface area contributed by atoms with E-state index in [-0.39, 0.29) is 30.8 Å². The van der Waals surface area contributed by atoms with Gasteiger partial charge in [0.25, 0.3) is 0 Å². The van der Waals surface area contributed by atoms with Gasteiger partial charge in [0.05, 0.1) is 6.42 Å². The molecule has 0 bridgehead atoms. The third-order valence-electron chi connectivity index (χ3n) is 3.66. The van der Waals surface area contributed by atoms with Gasteiger partial charge in [-0.05, 0) is 43.0 Å². The summed E-state index contributed by atoms with van der Waals surface area (Å²) in [6.07, 6.45) is 3.10. The summed E-state index contributed by atoms with van der Waals surface area (Å²) in [6.45, 7) is 0.566. The second kappa shape index (κ2) is 7.55. The van der Waals surface area contributed by atoms with Gasteiger partial charge in [-0.1, -0.05) is 12.5 Å². The molecule has 2 unspecified atom stereocenters. The molecule has 0 heterocycles. The van der Waals surface area contributed by atoms with Crippen LogP contribution in [0.3, 0.4) is 0 Å². The van der Waals surface area contributed by atoms with Crippen LogP contribution in [0.15, 0.2) is 18.2 Å². The summed E-state index contributed by atoms with van der Waals surface area (Å²) >= 11 is 0. The summed E-state index contributed by atoms with van der Waals surface area (Å²) in [5, 5.41) is 2.93. The first kappa shape index (κ1) is 16.9. The molecule has 6 heteroatoms. The van der Waals surface area contributed by atoms with Crippen molar-refractivity contribution >= 4 is 18.3 Å². The minimum Gasteiger partial charge on any atom is -0.353 e. The monoisotopic (exact) mass is 304 g/mol. The molecule has 3 nitrogen and oxygen atoms in total. The fraction of sp³-hybridized carbons (Fsp3) is 0.500. The topological polar surface area (TPSA) is 55.1 Å². The SMILES string of the molecule is Cl.NCC1CCCC1NC(=O)Cc1ccc(F)c(F)c1. The largest absolute Gasteiger partial charge is 0.353 e. The molecule has 112 valence electrons. The van der Waals surface area contributed by atoms with Crippen LogP contribution in [0.5, 0.6) is 0 Å². The first-order chi connectivity index (χ1) is 9.10. The van der Waals surface area contributed by atoms with Gasteiger partial charge in [0, 0.05) is 6.04 Å². The average Bonchev–Trinajstić information content (AvgIpc) is 2.81. The van der Waals surface area contributed by atoms with Crippen LogP contribution in [0.4, 0.5) is 8.78 Å². The van der Waals surface area contributed by atoms with Crippen molar-refractivity contribution in [2.75, 3.05) is 6.54 Å². The first-order valence-corrected chi connectivity index (χ1v) is 6.53. The molecule has 1 amide bonds. The lowest BCUT2D eigenvalue weighted by molar-refractivity contribution is -0.121. The van der Waals surface area contributed by atoms with Crippen LogP contribution in [-0.2, 0) is 11.2 Å². The fourth-order valence-electron chi connectivity index (χ4n) is 2.60.